The molecule has 0 radical (unpaired) electrons. The van der Waals surface area contributed by atoms with Gasteiger partial charge in [0.2, 0.25) is 5.91 Å². The van der Waals surface area contributed by atoms with Crippen molar-refractivity contribution < 1.29 is 9.00 Å². The van der Waals surface area contributed by atoms with E-state index in [4.69, 9.17) is 0 Å². The maximum absolute atomic E-state index is 12.1. The molecule has 122 valence electrons. The molecule has 0 saturated heterocycles. The van der Waals surface area contributed by atoms with Crippen molar-refractivity contribution in [3.05, 3.63) is 65.2 Å². The van der Waals surface area contributed by atoms with E-state index in [0.29, 0.717) is 6.42 Å². The molecule has 0 heterocycles. The molecule has 1 amide bonds. The molecule has 0 bridgehead atoms. The van der Waals surface area contributed by atoms with Crippen molar-refractivity contribution in [1.82, 2.24) is 5.32 Å². The quantitative estimate of drug-likeness (QED) is 0.885. The van der Waals surface area contributed by atoms with Gasteiger partial charge in [-0.05, 0) is 49.1 Å². The summed E-state index contributed by atoms with van der Waals surface area (Å²) in [5.41, 5.74) is 3.44. The molecule has 2 atom stereocenters. The monoisotopic (exact) mass is 329 g/mol. The second-order valence-electron chi connectivity index (χ2n) is 5.87. The lowest BCUT2D eigenvalue weighted by Crippen LogP contribution is -2.35. The van der Waals surface area contributed by atoms with E-state index >= 15 is 0 Å². The molecular weight excluding hydrogens is 306 g/mol. The zero-order valence-corrected chi connectivity index (χ0v) is 14.7. The highest BCUT2D eigenvalue weighted by molar-refractivity contribution is 7.84. The van der Waals surface area contributed by atoms with Crippen LogP contribution in [0.3, 0.4) is 0 Å². The minimum absolute atomic E-state index is 0.0106. The molecule has 0 saturated carbocycles. The number of carbonyl (C=O) groups is 1. The zero-order chi connectivity index (χ0) is 16.8. The smallest absolute Gasteiger partial charge is 0.224 e. The molecule has 0 aliphatic rings. The summed E-state index contributed by atoms with van der Waals surface area (Å²) in [6.07, 6.45) is 2.82. The molecular formula is C19H23NO2S. The van der Waals surface area contributed by atoms with Crippen LogP contribution < -0.4 is 5.32 Å². The van der Waals surface area contributed by atoms with E-state index in [2.05, 4.69) is 24.4 Å². The van der Waals surface area contributed by atoms with Crippen LogP contribution in [0.4, 0.5) is 0 Å². The number of hydrogen-bond donors (Lipinski definition) is 1. The second kappa shape index (κ2) is 8.06. The number of amides is 1. The number of nitrogens with one attached hydrogen (secondary N) is 1. The van der Waals surface area contributed by atoms with Crippen LogP contribution in [0.2, 0.25) is 0 Å². The predicted molar refractivity (Wildman–Crippen MR) is 95.0 cm³/mol. The Kier molecular flexibility index (Phi) is 6.11. The largest absolute Gasteiger partial charge is 0.353 e. The molecule has 0 aliphatic carbocycles. The Labute approximate surface area is 140 Å². The summed E-state index contributed by atoms with van der Waals surface area (Å²) in [7, 11) is -0.985. The summed E-state index contributed by atoms with van der Waals surface area (Å²) in [5.74, 6) is 0.0106. The van der Waals surface area contributed by atoms with Crippen molar-refractivity contribution in [3.8, 4) is 0 Å². The standard InChI is InChI=1S/C19H23NO2S/c1-14-6-4-5-7-17(14)12-15(2)20-19(21)13-16-8-10-18(11-9-16)23(3)22/h4-11,15H,12-13H2,1-3H3,(H,20,21). The zero-order valence-electron chi connectivity index (χ0n) is 13.8. The van der Waals surface area contributed by atoms with Gasteiger partial charge in [-0.2, -0.15) is 0 Å². The van der Waals surface area contributed by atoms with Gasteiger partial charge in [-0.15, -0.1) is 0 Å². The first-order chi connectivity index (χ1) is 11.0. The number of benzene rings is 2. The predicted octanol–water partition coefficient (Wildman–Crippen LogP) is 3.02. The molecule has 23 heavy (non-hydrogen) atoms. The molecule has 2 aromatic carbocycles. The van der Waals surface area contributed by atoms with Gasteiger partial charge in [0.25, 0.3) is 0 Å². The average Bonchev–Trinajstić information content (AvgIpc) is 2.50. The molecule has 0 aromatic heterocycles. The van der Waals surface area contributed by atoms with Crippen LogP contribution in [0.25, 0.3) is 0 Å². The maximum Gasteiger partial charge on any atom is 0.224 e. The lowest BCUT2D eigenvalue weighted by atomic mass is 10.0. The first kappa shape index (κ1) is 17.4. The molecule has 1 N–H and O–H groups in total. The van der Waals surface area contributed by atoms with Crippen LogP contribution in [-0.2, 0) is 28.4 Å². The molecule has 2 aromatic rings. The van der Waals surface area contributed by atoms with Crippen LogP contribution >= 0.6 is 0 Å². The van der Waals surface area contributed by atoms with E-state index in [1.54, 1.807) is 6.26 Å². The van der Waals surface area contributed by atoms with Crippen LogP contribution in [0.1, 0.15) is 23.6 Å². The lowest BCUT2D eigenvalue weighted by Gasteiger charge is -2.15. The van der Waals surface area contributed by atoms with E-state index in [1.165, 1.54) is 11.1 Å². The van der Waals surface area contributed by atoms with Crippen molar-refractivity contribution in [1.29, 1.82) is 0 Å². The van der Waals surface area contributed by atoms with Crippen molar-refractivity contribution >= 4 is 16.7 Å². The molecule has 0 spiro atoms. The van der Waals surface area contributed by atoms with Gasteiger partial charge in [-0.1, -0.05) is 36.4 Å². The summed E-state index contributed by atoms with van der Waals surface area (Å²) in [6, 6.07) is 15.7. The maximum atomic E-state index is 12.1. The number of aryl methyl sites for hydroxylation is 1. The van der Waals surface area contributed by atoms with E-state index in [9.17, 15) is 9.00 Å². The lowest BCUT2D eigenvalue weighted by molar-refractivity contribution is -0.121. The van der Waals surface area contributed by atoms with Gasteiger partial charge in [0, 0.05) is 28.0 Å². The van der Waals surface area contributed by atoms with Gasteiger partial charge in [-0.3, -0.25) is 9.00 Å². The SMILES string of the molecule is Cc1ccccc1CC(C)NC(=O)Cc1ccc(S(C)=O)cc1. The fourth-order valence-corrected chi connectivity index (χ4v) is 3.05. The van der Waals surface area contributed by atoms with Crippen LogP contribution in [0, 0.1) is 6.92 Å². The topological polar surface area (TPSA) is 46.2 Å². The molecule has 2 unspecified atom stereocenters. The Morgan fingerprint density at radius 1 is 1.13 bits per heavy atom. The molecule has 3 nitrogen and oxygen atoms in total. The minimum atomic E-state index is -0.985. The van der Waals surface area contributed by atoms with E-state index in [1.807, 2.05) is 43.3 Å². The summed E-state index contributed by atoms with van der Waals surface area (Å²) < 4.78 is 11.4. The van der Waals surface area contributed by atoms with Gasteiger partial charge in [-0.25, -0.2) is 0 Å². The van der Waals surface area contributed by atoms with Crippen molar-refractivity contribution in [2.75, 3.05) is 6.26 Å². The van der Waals surface area contributed by atoms with Gasteiger partial charge < -0.3 is 5.32 Å². The highest BCUT2D eigenvalue weighted by atomic mass is 32.2. The first-order valence-electron chi connectivity index (χ1n) is 7.72. The van der Waals surface area contributed by atoms with Crippen molar-refractivity contribution in [3.63, 3.8) is 0 Å². The highest BCUT2D eigenvalue weighted by Crippen LogP contribution is 2.11. The molecule has 0 fully saturated rings. The van der Waals surface area contributed by atoms with Crippen LogP contribution in [0.15, 0.2) is 53.4 Å². The average molecular weight is 329 g/mol. The Bertz CT molecular complexity index is 695. The third kappa shape index (κ3) is 5.32. The third-order valence-corrected chi connectivity index (χ3v) is 4.75. The molecule has 2 rings (SSSR count). The van der Waals surface area contributed by atoms with Crippen LogP contribution in [-0.4, -0.2) is 22.4 Å². The molecule has 0 aliphatic heterocycles. The van der Waals surface area contributed by atoms with E-state index in [-0.39, 0.29) is 11.9 Å². The normalized spacial score (nSPS) is 13.3. The highest BCUT2D eigenvalue weighted by Gasteiger charge is 2.10. The summed E-state index contributed by atoms with van der Waals surface area (Å²) in [4.78, 5) is 12.9. The van der Waals surface area contributed by atoms with E-state index in [0.717, 1.165) is 16.9 Å². The van der Waals surface area contributed by atoms with Gasteiger partial charge in [0.1, 0.15) is 0 Å². The number of carbonyl (C=O) groups excluding carboxylic acids is 1. The Hall–Kier alpha value is -1.94. The third-order valence-electron chi connectivity index (χ3n) is 3.81. The summed E-state index contributed by atoms with van der Waals surface area (Å²) in [5, 5.41) is 3.04. The Balaban J connectivity index is 1.89. The van der Waals surface area contributed by atoms with Gasteiger partial charge in [0.15, 0.2) is 0 Å². The van der Waals surface area contributed by atoms with Gasteiger partial charge >= 0.3 is 0 Å². The fourth-order valence-electron chi connectivity index (χ4n) is 2.53. The second-order valence-corrected chi connectivity index (χ2v) is 7.25. The Morgan fingerprint density at radius 3 is 2.39 bits per heavy atom. The molecule has 4 heteroatoms. The van der Waals surface area contributed by atoms with Crippen molar-refractivity contribution in [2.45, 2.75) is 37.6 Å². The van der Waals surface area contributed by atoms with Crippen LogP contribution in [0.5, 0.6) is 0 Å². The first-order valence-corrected chi connectivity index (χ1v) is 9.27. The van der Waals surface area contributed by atoms with Crippen molar-refractivity contribution in [2.24, 2.45) is 0 Å². The summed E-state index contributed by atoms with van der Waals surface area (Å²) in [6.45, 7) is 4.11. The fraction of sp³-hybridized carbons (Fsp3) is 0.316. The minimum Gasteiger partial charge on any atom is -0.353 e. The van der Waals surface area contributed by atoms with Gasteiger partial charge in [0.05, 0.1) is 6.42 Å². The Morgan fingerprint density at radius 2 is 1.78 bits per heavy atom. The number of rotatable bonds is 6. The van der Waals surface area contributed by atoms with E-state index < -0.39 is 10.8 Å². The summed E-state index contributed by atoms with van der Waals surface area (Å²) >= 11 is 0. The number of hydrogen-bond acceptors (Lipinski definition) is 2.